The van der Waals surface area contributed by atoms with Gasteiger partial charge in [0.05, 0.1) is 34.2 Å². The van der Waals surface area contributed by atoms with Crippen molar-refractivity contribution >= 4 is 33.2 Å². The predicted molar refractivity (Wildman–Crippen MR) is 160 cm³/mol. The molecule has 1 heterocycles. The van der Waals surface area contributed by atoms with Crippen LogP contribution >= 0.6 is 11.9 Å². The maximum Gasteiger partial charge on any atom is 0.573 e. The fraction of sp³-hybridized carbons (Fsp3) is 0.419. The highest BCUT2D eigenvalue weighted by Crippen LogP contribution is 2.44. The predicted octanol–water partition coefficient (Wildman–Crippen LogP) is 7.19. The van der Waals surface area contributed by atoms with E-state index in [2.05, 4.69) is 54.5 Å². The zero-order valence-corrected chi connectivity index (χ0v) is 24.6. The SMILES string of the molecule is O=S(=NCC1CC1)(N[C@@H]1CCCC(SN2c3ccccc3CCc3ccccc32)[C@@H]1O)c1ccc(OC(F)(F)F)cc1. The van der Waals surface area contributed by atoms with Crippen LogP contribution in [0.4, 0.5) is 24.5 Å². The van der Waals surface area contributed by atoms with E-state index in [0.717, 1.165) is 62.0 Å². The fourth-order valence-electron chi connectivity index (χ4n) is 5.59. The summed E-state index contributed by atoms with van der Waals surface area (Å²) in [5.41, 5.74) is 4.72. The molecule has 6 nitrogen and oxygen atoms in total. The molecule has 0 saturated heterocycles. The average molecular weight is 618 g/mol. The zero-order valence-electron chi connectivity index (χ0n) is 23.0. The minimum absolute atomic E-state index is 0.176. The van der Waals surface area contributed by atoms with Crippen molar-refractivity contribution in [3.63, 3.8) is 0 Å². The molecular formula is C31H34F3N3O3S2. The third-order valence-electron chi connectivity index (χ3n) is 8.02. The molecule has 11 heteroatoms. The number of fused-ring (bicyclic) bond motifs is 2. The summed E-state index contributed by atoms with van der Waals surface area (Å²) in [4.78, 5) is 0.273. The van der Waals surface area contributed by atoms with E-state index in [1.165, 1.54) is 23.3 Å². The number of halogens is 3. The molecule has 0 radical (unpaired) electrons. The standard InChI is InChI=1S/C31H34F3N3O3S2/c32-31(33,34)40-24-16-18-25(19-17-24)42(39,35-20-21-12-13-21)36-26-8-5-11-29(30(26)38)41-37-27-9-3-1-6-22(27)14-15-23-7-2-4-10-28(23)37/h1-4,6-7,9-10,16-19,21,26,29-30,38H,5,8,11-15,20H2,(H,35,36,39)/t26-,29?,30-,42?/m1/s1. The number of anilines is 2. The van der Waals surface area contributed by atoms with Crippen LogP contribution in [0, 0.1) is 5.92 Å². The number of aliphatic hydroxyl groups excluding tert-OH is 1. The van der Waals surface area contributed by atoms with Crippen molar-refractivity contribution in [2.24, 2.45) is 10.3 Å². The lowest BCUT2D eigenvalue weighted by Crippen LogP contribution is -2.50. The van der Waals surface area contributed by atoms with Crippen molar-refractivity contribution in [1.29, 1.82) is 0 Å². The Morgan fingerprint density at radius 2 is 1.55 bits per heavy atom. The lowest BCUT2D eigenvalue weighted by atomic mass is 9.93. The maximum absolute atomic E-state index is 14.3. The molecule has 4 atom stereocenters. The van der Waals surface area contributed by atoms with Gasteiger partial charge >= 0.3 is 6.36 Å². The van der Waals surface area contributed by atoms with E-state index in [1.807, 2.05) is 12.1 Å². The van der Waals surface area contributed by atoms with Gasteiger partial charge < -0.3 is 9.84 Å². The number of hydrogen-bond acceptors (Lipinski definition) is 6. The molecule has 2 N–H and O–H groups in total. The minimum atomic E-state index is -4.81. The van der Waals surface area contributed by atoms with Crippen LogP contribution in [0.1, 0.15) is 43.2 Å². The molecule has 3 aromatic rings. The lowest BCUT2D eigenvalue weighted by Gasteiger charge is -2.38. The Morgan fingerprint density at radius 3 is 2.14 bits per heavy atom. The van der Waals surface area contributed by atoms with E-state index in [-0.39, 0.29) is 15.9 Å². The second-order valence-corrected chi connectivity index (χ2v) is 14.3. The molecule has 2 aliphatic carbocycles. The van der Waals surface area contributed by atoms with Gasteiger partial charge in [0, 0.05) is 6.04 Å². The smallest absolute Gasteiger partial charge is 0.406 e. The number of alkyl halides is 3. The molecule has 2 saturated carbocycles. The van der Waals surface area contributed by atoms with Gasteiger partial charge in [0.2, 0.25) is 0 Å². The van der Waals surface area contributed by atoms with Gasteiger partial charge in [-0.2, -0.15) is 0 Å². The van der Waals surface area contributed by atoms with Crippen molar-refractivity contribution in [1.82, 2.24) is 4.72 Å². The van der Waals surface area contributed by atoms with Crippen molar-refractivity contribution in [2.75, 3.05) is 10.8 Å². The first kappa shape index (κ1) is 29.3. The van der Waals surface area contributed by atoms with E-state index >= 15 is 0 Å². The molecule has 1 aliphatic heterocycles. The van der Waals surface area contributed by atoms with Crippen molar-refractivity contribution < 1.29 is 27.2 Å². The van der Waals surface area contributed by atoms with E-state index in [4.69, 9.17) is 0 Å². The summed E-state index contributed by atoms with van der Waals surface area (Å²) in [5.74, 6) is -0.0226. The first-order chi connectivity index (χ1) is 20.2. The van der Waals surface area contributed by atoms with Gasteiger partial charge in [0.15, 0.2) is 0 Å². The Hall–Kier alpha value is -2.73. The average Bonchev–Trinajstić information content (AvgIpc) is 3.81. The normalized spacial score (nSPS) is 23.7. The molecule has 0 bridgehead atoms. The molecule has 224 valence electrons. The number of nitrogens with one attached hydrogen (secondary N) is 1. The first-order valence-electron chi connectivity index (χ1n) is 14.4. The number of para-hydroxylation sites is 2. The molecule has 2 unspecified atom stereocenters. The molecule has 0 amide bonds. The highest BCUT2D eigenvalue weighted by atomic mass is 32.2. The topological polar surface area (TPSA) is 74.2 Å². The zero-order chi connectivity index (χ0) is 29.3. The van der Waals surface area contributed by atoms with Gasteiger partial charge in [0.25, 0.3) is 0 Å². The number of rotatable bonds is 8. The van der Waals surface area contributed by atoms with Gasteiger partial charge in [-0.05, 0) is 104 Å². The Balaban J connectivity index is 1.25. The number of aliphatic hydroxyl groups is 1. The van der Waals surface area contributed by atoms with Crippen LogP contribution in [0.15, 0.2) is 82.1 Å². The van der Waals surface area contributed by atoms with Crippen LogP contribution in [0.2, 0.25) is 0 Å². The number of nitrogens with zero attached hydrogens (tertiary/aromatic N) is 2. The van der Waals surface area contributed by atoms with Crippen LogP contribution in [0.3, 0.4) is 0 Å². The van der Waals surface area contributed by atoms with Crippen molar-refractivity contribution in [2.45, 2.75) is 73.6 Å². The van der Waals surface area contributed by atoms with Crippen LogP contribution in [-0.4, -0.2) is 39.6 Å². The first-order valence-corrected chi connectivity index (χ1v) is 16.7. The Kier molecular flexibility index (Phi) is 8.46. The second-order valence-electron chi connectivity index (χ2n) is 11.1. The Labute approximate surface area is 249 Å². The van der Waals surface area contributed by atoms with Gasteiger partial charge in [-0.3, -0.25) is 4.31 Å². The molecule has 0 aromatic heterocycles. The minimum Gasteiger partial charge on any atom is -0.406 e. The fourth-order valence-corrected chi connectivity index (χ4v) is 8.99. The number of hydrogen-bond donors (Lipinski definition) is 2. The summed E-state index contributed by atoms with van der Waals surface area (Å²) in [6.45, 7) is 0.398. The molecule has 3 aliphatic rings. The van der Waals surface area contributed by atoms with Crippen LogP contribution in [0.25, 0.3) is 0 Å². The van der Waals surface area contributed by atoms with Crippen LogP contribution < -0.4 is 13.8 Å². The van der Waals surface area contributed by atoms with E-state index in [0.29, 0.717) is 18.9 Å². The lowest BCUT2D eigenvalue weighted by molar-refractivity contribution is -0.274. The summed E-state index contributed by atoms with van der Waals surface area (Å²) in [6.07, 6.45) is 0.465. The summed E-state index contributed by atoms with van der Waals surface area (Å²) >= 11 is 1.61. The molecular weight excluding hydrogens is 583 g/mol. The molecule has 42 heavy (non-hydrogen) atoms. The van der Waals surface area contributed by atoms with Crippen molar-refractivity contribution in [3.8, 4) is 5.75 Å². The second kappa shape index (κ2) is 12.1. The summed E-state index contributed by atoms with van der Waals surface area (Å²) in [6, 6.07) is 21.2. The summed E-state index contributed by atoms with van der Waals surface area (Å²) in [7, 11) is -3.22. The molecule has 0 spiro atoms. The highest BCUT2D eigenvalue weighted by molar-refractivity contribution is 8.01. The maximum atomic E-state index is 14.3. The monoisotopic (exact) mass is 617 g/mol. The van der Waals surface area contributed by atoms with E-state index in [9.17, 15) is 22.5 Å². The number of benzene rings is 3. The van der Waals surface area contributed by atoms with Crippen molar-refractivity contribution in [3.05, 3.63) is 83.9 Å². The van der Waals surface area contributed by atoms with Gasteiger partial charge in [-0.15, -0.1) is 13.2 Å². The highest BCUT2D eigenvalue weighted by Gasteiger charge is 2.37. The van der Waals surface area contributed by atoms with E-state index < -0.39 is 28.4 Å². The van der Waals surface area contributed by atoms with Crippen LogP contribution in [0.5, 0.6) is 5.75 Å². The quantitative estimate of drug-likeness (QED) is 0.262. The molecule has 3 aromatic carbocycles. The summed E-state index contributed by atoms with van der Waals surface area (Å²) < 4.78 is 66.4. The summed E-state index contributed by atoms with van der Waals surface area (Å²) in [5, 5.41) is 11.5. The third-order valence-corrected chi connectivity index (χ3v) is 11.5. The van der Waals surface area contributed by atoms with E-state index in [1.54, 1.807) is 11.9 Å². The molecule has 2 fully saturated rings. The van der Waals surface area contributed by atoms with Crippen LogP contribution in [-0.2, 0) is 22.8 Å². The Bertz CT molecular complexity index is 1470. The third kappa shape index (κ3) is 6.74. The van der Waals surface area contributed by atoms with Gasteiger partial charge in [-0.25, -0.2) is 13.3 Å². The largest absolute Gasteiger partial charge is 0.573 e. The number of aryl methyl sites for hydroxylation is 2. The Morgan fingerprint density at radius 1 is 0.929 bits per heavy atom. The number of ether oxygens (including phenoxy) is 1. The van der Waals surface area contributed by atoms with Gasteiger partial charge in [0.1, 0.15) is 15.7 Å². The van der Waals surface area contributed by atoms with Gasteiger partial charge in [-0.1, -0.05) is 42.8 Å². The molecule has 6 rings (SSSR count).